The van der Waals surface area contributed by atoms with Gasteiger partial charge in [-0.2, -0.15) is 0 Å². The van der Waals surface area contributed by atoms with Crippen LogP contribution in [0.5, 0.6) is 5.75 Å². The largest absolute Gasteiger partial charge is 0.493 e. The van der Waals surface area contributed by atoms with Gasteiger partial charge in [0.2, 0.25) is 0 Å². The molecule has 0 fully saturated rings. The molecule has 0 radical (unpaired) electrons. The average Bonchev–Trinajstić information content (AvgIpc) is 2.45. The van der Waals surface area contributed by atoms with Crippen molar-refractivity contribution in [2.45, 2.75) is 33.1 Å². The van der Waals surface area contributed by atoms with E-state index in [1.807, 2.05) is 12.2 Å². The first-order chi connectivity index (χ1) is 10.1. The molecule has 1 aromatic carbocycles. The summed E-state index contributed by atoms with van der Waals surface area (Å²) in [7, 11) is 0. The Kier molecular flexibility index (Phi) is 7.84. The van der Waals surface area contributed by atoms with Gasteiger partial charge in [0.05, 0.1) is 6.61 Å². The van der Waals surface area contributed by atoms with E-state index in [1.165, 1.54) is 11.1 Å². The molecule has 0 saturated carbocycles. The van der Waals surface area contributed by atoms with Crippen molar-refractivity contribution in [3.05, 3.63) is 54.6 Å². The van der Waals surface area contributed by atoms with Crippen molar-refractivity contribution in [3.63, 3.8) is 0 Å². The van der Waals surface area contributed by atoms with Gasteiger partial charge >= 0.3 is 0 Å². The van der Waals surface area contributed by atoms with Crippen LogP contribution >= 0.6 is 0 Å². The summed E-state index contributed by atoms with van der Waals surface area (Å²) in [6, 6.07) is 6.50. The van der Waals surface area contributed by atoms with E-state index in [1.54, 1.807) is 0 Å². The van der Waals surface area contributed by atoms with Crippen molar-refractivity contribution in [1.82, 2.24) is 4.90 Å². The number of hydrogen-bond donors (Lipinski definition) is 0. The number of rotatable bonds is 10. The highest BCUT2D eigenvalue weighted by Gasteiger charge is 2.05. The quantitative estimate of drug-likeness (QED) is 0.462. The number of nitrogens with zero attached hydrogens (tertiary/aromatic N) is 1. The fourth-order valence-electron chi connectivity index (χ4n) is 2.22. The average molecular weight is 287 g/mol. The fraction of sp³-hybridized carbons (Fsp3) is 0.474. The maximum absolute atomic E-state index is 5.96. The van der Waals surface area contributed by atoms with Gasteiger partial charge in [-0.05, 0) is 36.5 Å². The molecule has 116 valence electrons. The second kappa shape index (κ2) is 9.41. The summed E-state index contributed by atoms with van der Waals surface area (Å²) in [6.07, 6.45) is 4.87. The van der Waals surface area contributed by atoms with Gasteiger partial charge in [0.1, 0.15) is 5.75 Å². The van der Waals surface area contributed by atoms with Crippen LogP contribution in [0.1, 0.15) is 37.3 Å². The van der Waals surface area contributed by atoms with E-state index in [0.717, 1.165) is 38.4 Å². The molecule has 0 saturated heterocycles. The van der Waals surface area contributed by atoms with E-state index < -0.39 is 0 Å². The fourth-order valence-corrected chi connectivity index (χ4v) is 2.22. The Bertz CT molecular complexity index is 441. The van der Waals surface area contributed by atoms with Crippen LogP contribution in [0.4, 0.5) is 0 Å². The minimum Gasteiger partial charge on any atom is -0.493 e. The lowest BCUT2D eigenvalue weighted by atomic mass is 10.0. The monoisotopic (exact) mass is 287 g/mol. The van der Waals surface area contributed by atoms with Gasteiger partial charge in [-0.15, -0.1) is 13.2 Å². The molecule has 0 N–H and O–H groups in total. The molecule has 0 bridgehead atoms. The molecule has 0 aromatic heterocycles. The Hall–Kier alpha value is -1.54. The van der Waals surface area contributed by atoms with Gasteiger partial charge in [0, 0.05) is 19.6 Å². The third-order valence-corrected chi connectivity index (χ3v) is 3.53. The van der Waals surface area contributed by atoms with Crippen LogP contribution in [0.25, 0.3) is 0 Å². The number of ether oxygens (including phenoxy) is 1. The summed E-state index contributed by atoms with van der Waals surface area (Å²) in [5.74, 6) is 1.55. The molecule has 0 atom stereocenters. The lowest BCUT2D eigenvalue weighted by molar-refractivity contribution is 0.261. The third-order valence-electron chi connectivity index (χ3n) is 3.53. The van der Waals surface area contributed by atoms with Crippen molar-refractivity contribution in [1.29, 1.82) is 0 Å². The highest BCUT2D eigenvalue weighted by atomic mass is 16.5. The normalized spacial score (nSPS) is 10.9. The number of aryl methyl sites for hydroxylation is 1. The summed E-state index contributed by atoms with van der Waals surface area (Å²) in [5, 5.41) is 0. The Morgan fingerprint density at radius 2 is 1.86 bits per heavy atom. The summed E-state index contributed by atoms with van der Waals surface area (Å²) in [4.78, 5) is 2.31. The maximum atomic E-state index is 5.96. The molecule has 0 heterocycles. The van der Waals surface area contributed by atoms with Gasteiger partial charge in [-0.1, -0.05) is 38.1 Å². The first-order valence-corrected chi connectivity index (χ1v) is 7.76. The van der Waals surface area contributed by atoms with Crippen molar-refractivity contribution >= 4 is 0 Å². The molecule has 2 nitrogen and oxygen atoms in total. The molecule has 2 heteroatoms. The van der Waals surface area contributed by atoms with Crippen molar-refractivity contribution in [2.24, 2.45) is 0 Å². The van der Waals surface area contributed by atoms with E-state index in [0.29, 0.717) is 5.92 Å². The predicted octanol–water partition coefficient (Wildman–Crippen LogP) is 4.56. The first-order valence-electron chi connectivity index (χ1n) is 7.76. The predicted molar refractivity (Wildman–Crippen MR) is 92.2 cm³/mol. The summed E-state index contributed by atoms with van der Waals surface area (Å²) in [5.41, 5.74) is 2.53. The Morgan fingerprint density at radius 3 is 2.43 bits per heavy atom. The van der Waals surface area contributed by atoms with E-state index in [9.17, 15) is 0 Å². The second-order valence-electron chi connectivity index (χ2n) is 5.72. The Morgan fingerprint density at radius 1 is 1.19 bits per heavy atom. The Labute approximate surface area is 130 Å². The molecular weight excluding hydrogens is 258 g/mol. The molecule has 0 spiro atoms. The lowest BCUT2D eigenvalue weighted by Gasteiger charge is -2.19. The van der Waals surface area contributed by atoms with Crippen LogP contribution in [0.3, 0.4) is 0 Å². The molecule has 0 aliphatic rings. The van der Waals surface area contributed by atoms with Crippen LogP contribution in [-0.4, -0.2) is 31.1 Å². The van der Waals surface area contributed by atoms with Gasteiger partial charge < -0.3 is 4.74 Å². The van der Waals surface area contributed by atoms with Crippen LogP contribution in [0, 0.1) is 6.92 Å². The minimum atomic E-state index is 0.531. The molecule has 0 amide bonds. The van der Waals surface area contributed by atoms with E-state index >= 15 is 0 Å². The van der Waals surface area contributed by atoms with Crippen LogP contribution in [0.2, 0.25) is 0 Å². The first kappa shape index (κ1) is 17.5. The second-order valence-corrected chi connectivity index (χ2v) is 5.72. The highest BCUT2D eigenvalue weighted by Crippen LogP contribution is 2.24. The molecule has 0 unspecified atom stereocenters. The molecule has 21 heavy (non-hydrogen) atoms. The molecule has 1 aromatic rings. The summed E-state index contributed by atoms with van der Waals surface area (Å²) in [6.45, 7) is 17.6. The van der Waals surface area contributed by atoms with Gasteiger partial charge in [-0.25, -0.2) is 0 Å². The standard InChI is InChI=1S/C19H29NO/c1-6-11-20(12-7-2)13-8-14-21-19-15-18(16(3)4)10-9-17(19)5/h6-7,9-10,15-16H,1-2,8,11-14H2,3-5H3. The zero-order valence-corrected chi connectivity index (χ0v) is 13.8. The van der Waals surface area contributed by atoms with Crippen LogP contribution in [-0.2, 0) is 0 Å². The van der Waals surface area contributed by atoms with E-state index in [2.05, 4.69) is 57.0 Å². The van der Waals surface area contributed by atoms with Crippen molar-refractivity contribution < 1.29 is 4.74 Å². The minimum absolute atomic E-state index is 0.531. The topological polar surface area (TPSA) is 12.5 Å². The number of hydrogen-bond acceptors (Lipinski definition) is 2. The van der Waals surface area contributed by atoms with Gasteiger partial charge in [-0.3, -0.25) is 4.90 Å². The third kappa shape index (κ3) is 6.17. The lowest BCUT2D eigenvalue weighted by Crippen LogP contribution is -2.26. The molecule has 0 aliphatic heterocycles. The van der Waals surface area contributed by atoms with Crippen molar-refractivity contribution in [3.8, 4) is 5.75 Å². The highest BCUT2D eigenvalue weighted by molar-refractivity contribution is 5.37. The van der Waals surface area contributed by atoms with E-state index in [4.69, 9.17) is 4.74 Å². The summed E-state index contributed by atoms with van der Waals surface area (Å²) >= 11 is 0. The van der Waals surface area contributed by atoms with Crippen LogP contribution in [0.15, 0.2) is 43.5 Å². The van der Waals surface area contributed by atoms with E-state index in [-0.39, 0.29) is 0 Å². The summed E-state index contributed by atoms with van der Waals surface area (Å²) < 4.78 is 5.96. The molecule has 1 rings (SSSR count). The SMILES string of the molecule is C=CCN(CC=C)CCCOc1cc(C(C)C)ccc1C. The Balaban J connectivity index is 2.46. The van der Waals surface area contributed by atoms with Crippen LogP contribution < -0.4 is 4.74 Å². The molecular formula is C19H29NO. The zero-order chi connectivity index (χ0) is 15.7. The van der Waals surface area contributed by atoms with Gasteiger partial charge in [0.15, 0.2) is 0 Å². The number of benzene rings is 1. The maximum Gasteiger partial charge on any atom is 0.122 e. The smallest absolute Gasteiger partial charge is 0.122 e. The van der Waals surface area contributed by atoms with Crippen molar-refractivity contribution in [2.75, 3.05) is 26.2 Å². The molecule has 0 aliphatic carbocycles. The van der Waals surface area contributed by atoms with Gasteiger partial charge in [0.25, 0.3) is 0 Å². The zero-order valence-electron chi connectivity index (χ0n) is 13.8.